The Hall–Kier alpha value is -1.28. The number of fused-ring (bicyclic) bond motifs is 1. The summed E-state index contributed by atoms with van der Waals surface area (Å²) < 4.78 is 4.58. The number of hydrogen-bond donors (Lipinski definition) is 5. The molecule has 1 saturated heterocycles. The first-order valence-corrected chi connectivity index (χ1v) is 8.13. The molecule has 0 unspecified atom stereocenters. The molecule has 1 fully saturated rings. The van der Waals surface area contributed by atoms with Crippen molar-refractivity contribution in [3.05, 3.63) is 41.0 Å². The lowest BCUT2D eigenvalue weighted by Crippen LogP contribution is -2.58. The molecule has 5 atom stereocenters. The van der Waals surface area contributed by atoms with Crippen molar-refractivity contribution in [1.29, 1.82) is 0 Å². The second-order valence-corrected chi connectivity index (χ2v) is 6.40. The van der Waals surface area contributed by atoms with Gasteiger partial charge in [0.2, 0.25) is 0 Å². The lowest BCUT2D eigenvalue weighted by Gasteiger charge is -2.37. The van der Waals surface area contributed by atoms with Crippen LogP contribution in [0.5, 0.6) is 0 Å². The molecule has 134 valence electrons. The standard InChI is InChI=1S/C12H14.C6H12O6/c1-9(2)11-7-3-5-10-6-4-8-12(10)11;7-1-2-3(8)4(9)5(10)6(11)12-2/h3-5,7-9H,6H2,1-2H3;2-11H,1H2/t;2-,3+,4+,5-,6-/m.1/s1. The zero-order valence-corrected chi connectivity index (χ0v) is 13.9. The summed E-state index contributed by atoms with van der Waals surface area (Å²) in [5.74, 6) is 0.641. The van der Waals surface area contributed by atoms with Crippen molar-refractivity contribution < 1.29 is 30.3 Å². The van der Waals surface area contributed by atoms with Gasteiger partial charge >= 0.3 is 0 Å². The number of hydrogen-bond acceptors (Lipinski definition) is 6. The molecule has 1 aromatic rings. The van der Waals surface area contributed by atoms with E-state index >= 15 is 0 Å². The Bertz CT molecular complexity index is 566. The Balaban J connectivity index is 0.000000174. The Labute approximate surface area is 141 Å². The van der Waals surface area contributed by atoms with Crippen molar-refractivity contribution in [2.75, 3.05) is 6.61 Å². The Morgan fingerprint density at radius 2 is 1.79 bits per heavy atom. The first kappa shape index (κ1) is 19.1. The van der Waals surface area contributed by atoms with Crippen molar-refractivity contribution >= 4 is 6.08 Å². The van der Waals surface area contributed by atoms with Crippen LogP contribution in [0.25, 0.3) is 6.08 Å². The highest BCUT2D eigenvalue weighted by Gasteiger charge is 2.42. The van der Waals surface area contributed by atoms with Crippen molar-refractivity contribution in [2.45, 2.75) is 56.9 Å². The molecule has 1 heterocycles. The van der Waals surface area contributed by atoms with E-state index in [9.17, 15) is 0 Å². The highest BCUT2D eigenvalue weighted by Crippen LogP contribution is 2.28. The molecule has 6 nitrogen and oxygen atoms in total. The van der Waals surface area contributed by atoms with Gasteiger partial charge in [0.05, 0.1) is 6.61 Å². The third kappa shape index (κ3) is 4.03. The largest absolute Gasteiger partial charge is 0.394 e. The van der Waals surface area contributed by atoms with Crippen LogP contribution in [0.1, 0.15) is 36.5 Å². The van der Waals surface area contributed by atoms with Gasteiger partial charge in [0.25, 0.3) is 0 Å². The van der Waals surface area contributed by atoms with Crippen LogP contribution in [0.3, 0.4) is 0 Å². The lowest BCUT2D eigenvalue weighted by atomic mass is 9.95. The van der Waals surface area contributed by atoms with Crippen LogP contribution in [0.2, 0.25) is 0 Å². The number of aliphatic hydroxyl groups is 5. The first-order valence-electron chi connectivity index (χ1n) is 8.13. The van der Waals surface area contributed by atoms with Crippen LogP contribution in [0, 0.1) is 0 Å². The molecule has 0 spiro atoms. The third-order valence-electron chi connectivity index (χ3n) is 4.34. The SMILES string of the molecule is CC(C)c1cccc2c1C=CC2.OC[C@H]1O[C@@H](O)[C@H](O)[C@@H](O)[C@H]1O. The molecular weight excluding hydrogens is 312 g/mol. The summed E-state index contributed by atoms with van der Waals surface area (Å²) in [6, 6.07) is 6.63. The van der Waals surface area contributed by atoms with Gasteiger partial charge in [0, 0.05) is 0 Å². The molecule has 5 N–H and O–H groups in total. The maximum atomic E-state index is 9.12. The molecule has 0 aromatic heterocycles. The second kappa shape index (κ2) is 8.20. The van der Waals surface area contributed by atoms with E-state index in [1.165, 1.54) is 16.7 Å². The second-order valence-electron chi connectivity index (χ2n) is 6.40. The monoisotopic (exact) mass is 338 g/mol. The van der Waals surface area contributed by atoms with Crippen LogP contribution in [0.15, 0.2) is 24.3 Å². The van der Waals surface area contributed by atoms with Crippen LogP contribution >= 0.6 is 0 Å². The molecule has 24 heavy (non-hydrogen) atoms. The fraction of sp³-hybridized carbons (Fsp3) is 0.556. The summed E-state index contributed by atoms with van der Waals surface area (Å²) in [5.41, 5.74) is 4.44. The maximum Gasteiger partial charge on any atom is 0.184 e. The van der Waals surface area contributed by atoms with E-state index in [1.807, 2.05) is 0 Å². The molecule has 0 radical (unpaired) electrons. The minimum absolute atomic E-state index is 0.526. The number of benzene rings is 1. The first-order chi connectivity index (χ1) is 11.4. The molecular formula is C18H26O6. The summed E-state index contributed by atoms with van der Waals surface area (Å²) in [6.45, 7) is 3.98. The van der Waals surface area contributed by atoms with Gasteiger partial charge in [-0.25, -0.2) is 0 Å². The van der Waals surface area contributed by atoms with Crippen LogP contribution in [-0.4, -0.2) is 62.8 Å². The van der Waals surface area contributed by atoms with Gasteiger partial charge in [0.1, 0.15) is 24.4 Å². The zero-order valence-electron chi connectivity index (χ0n) is 13.9. The number of aliphatic hydroxyl groups excluding tert-OH is 5. The third-order valence-corrected chi connectivity index (χ3v) is 4.34. The highest BCUT2D eigenvalue weighted by molar-refractivity contribution is 5.63. The van der Waals surface area contributed by atoms with Gasteiger partial charge in [-0.3, -0.25) is 0 Å². The van der Waals surface area contributed by atoms with Gasteiger partial charge in [-0.05, 0) is 29.0 Å². The summed E-state index contributed by atoms with van der Waals surface area (Å²) in [7, 11) is 0. The molecule has 6 heteroatoms. The number of rotatable bonds is 2. The van der Waals surface area contributed by atoms with Crippen molar-refractivity contribution in [3.8, 4) is 0 Å². The van der Waals surface area contributed by atoms with E-state index in [-0.39, 0.29) is 0 Å². The smallest absolute Gasteiger partial charge is 0.184 e. The quantitative estimate of drug-likeness (QED) is 0.525. The Morgan fingerprint density at radius 1 is 1.08 bits per heavy atom. The van der Waals surface area contributed by atoms with Crippen molar-refractivity contribution in [1.82, 2.24) is 0 Å². The summed E-state index contributed by atoms with van der Waals surface area (Å²) in [5, 5.41) is 44.7. The van der Waals surface area contributed by atoms with E-state index in [0.717, 1.165) is 6.42 Å². The van der Waals surface area contributed by atoms with E-state index in [2.05, 4.69) is 48.9 Å². The highest BCUT2D eigenvalue weighted by atomic mass is 16.6. The molecule has 1 aliphatic carbocycles. The molecule has 1 aliphatic heterocycles. The van der Waals surface area contributed by atoms with E-state index in [1.54, 1.807) is 0 Å². The molecule has 0 bridgehead atoms. The minimum atomic E-state index is -1.57. The van der Waals surface area contributed by atoms with Gasteiger partial charge in [-0.15, -0.1) is 0 Å². The average molecular weight is 338 g/mol. The molecule has 3 rings (SSSR count). The fourth-order valence-corrected chi connectivity index (χ4v) is 2.90. The molecule has 2 aliphatic rings. The molecule has 0 saturated carbocycles. The molecule has 1 aromatic carbocycles. The normalized spacial score (nSPS) is 31.6. The van der Waals surface area contributed by atoms with Crippen molar-refractivity contribution in [3.63, 3.8) is 0 Å². The minimum Gasteiger partial charge on any atom is -0.394 e. The van der Waals surface area contributed by atoms with Gasteiger partial charge in [-0.2, -0.15) is 0 Å². The predicted octanol–water partition coefficient (Wildman–Crippen LogP) is 0.158. The maximum absolute atomic E-state index is 9.12. The predicted molar refractivity (Wildman–Crippen MR) is 89.3 cm³/mol. The van der Waals surface area contributed by atoms with Gasteiger partial charge in [-0.1, -0.05) is 44.2 Å². The summed E-state index contributed by atoms with van der Waals surface area (Å²) >= 11 is 0. The average Bonchev–Trinajstić information content (AvgIpc) is 3.05. The summed E-state index contributed by atoms with van der Waals surface area (Å²) in [6.07, 6.45) is -1.42. The van der Waals surface area contributed by atoms with E-state index in [0.29, 0.717) is 5.92 Å². The Morgan fingerprint density at radius 3 is 2.42 bits per heavy atom. The molecule has 0 amide bonds. The van der Waals surface area contributed by atoms with E-state index in [4.69, 9.17) is 25.5 Å². The fourth-order valence-electron chi connectivity index (χ4n) is 2.90. The van der Waals surface area contributed by atoms with Crippen LogP contribution < -0.4 is 0 Å². The van der Waals surface area contributed by atoms with Gasteiger partial charge in [0.15, 0.2) is 6.29 Å². The van der Waals surface area contributed by atoms with Crippen LogP contribution in [0.4, 0.5) is 0 Å². The van der Waals surface area contributed by atoms with Gasteiger partial charge < -0.3 is 30.3 Å². The van der Waals surface area contributed by atoms with Crippen LogP contribution in [-0.2, 0) is 11.2 Å². The summed E-state index contributed by atoms with van der Waals surface area (Å²) in [4.78, 5) is 0. The number of ether oxygens (including phenoxy) is 1. The number of allylic oxidation sites excluding steroid dienone is 1. The Kier molecular flexibility index (Phi) is 6.51. The topological polar surface area (TPSA) is 110 Å². The van der Waals surface area contributed by atoms with Crippen molar-refractivity contribution in [2.24, 2.45) is 0 Å². The van der Waals surface area contributed by atoms with E-state index < -0.39 is 37.3 Å². The zero-order chi connectivity index (χ0) is 17.9. The lowest BCUT2D eigenvalue weighted by molar-refractivity contribution is -0.286.